The molecule has 0 aromatic heterocycles. The van der Waals surface area contributed by atoms with Gasteiger partial charge in [0.25, 0.3) is 0 Å². The zero-order valence-corrected chi connectivity index (χ0v) is 7.01. The fourth-order valence-electron chi connectivity index (χ4n) is 1.35. The van der Waals surface area contributed by atoms with Crippen molar-refractivity contribution in [1.82, 2.24) is 0 Å². The molecule has 1 saturated carbocycles. The number of rotatable bonds is 2. The molecule has 0 aliphatic heterocycles. The van der Waals surface area contributed by atoms with Crippen LogP contribution in [0.15, 0.2) is 4.99 Å². The van der Waals surface area contributed by atoms with E-state index in [-0.39, 0.29) is 0 Å². The lowest BCUT2D eigenvalue weighted by molar-refractivity contribution is 0.701. The zero-order valence-electron chi connectivity index (χ0n) is 7.01. The number of hydrogen-bond acceptors (Lipinski definition) is 1. The van der Waals surface area contributed by atoms with Gasteiger partial charge in [0.15, 0.2) is 0 Å². The van der Waals surface area contributed by atoms with Crippen molar-refractivity contribution in [3.05, 3.63) is 0 Å². The molecular formula is C9H17N. The Hall–Kier alpha value is -0.330. The normalized spacial score (nSPS) is 21.5. The highest BCUT2D eigenvalue weighted by atomic mass is 14.8. The molecule has 1 aliphatic carbocycles. The Morgan fingerprint density at radius 3 is 2.40 bits per heavy atom. The van der Waals surface area contributed by atoms with Crippen molar-refractivity contribution < 1.29 is 0 Å². The van der Waals surface area contributed by atoms with Crippen molar-refractivity contribution in [1.29, 1.82) is 0 Å². The summed E-state index contributed by atoms with van der Waals surface area (Å²) in [5, 5.41) is 0. The fraction of sp³-hybridized carbons (Fsp3) is 0.889. The predicted octanol–water partition coefficient (Wildman–Crippen LogP) is 2.66. The van der Waals surface area contributed by atoms with Gasteiger partial charge >= 0.3 is 0 Å². The average molecular weight is 139 g/mol. The third-order valence-electron chi connectivity index (χ3n) is 1.92. The molecule has 1 aliphatic rings. The van der Waals surface area contributed by atoms with Crippen molar-refractivity contribution >= 4 is 6.21 Å². The van der Waals surface area contributed by atoms with Crippen LogP contribution in [-0.4, -0.2) is 12.3 Å². The van der Waals surface area contributed by atoms with E-state index in [4.69, 9.17) is 0 Å². The van der Waals surface area contributed by atoms with Gasteiger partial charge in [0.05, 0.1) is 0 Å². The summed E-state index contributed by atoms with van der Waals surface area (Å²) < 4.78 is 0. The summed E-state index contributed by atoms with van der Waals surface area (Å²) in [6, 6.07) is 0.669. The Bertz CT molecular complexity index is 110. The molecule has 0 N–H and O–H groups in total. The molecule has 0 atom stereocenters. The summed E-state index contributed by atoms with van der Waals surface area (Å²) in [5.74, 6) is 0.626. The quantitative estimate of drug-likeness (QED) is 0.521. The molecule has 0 radical (unpaired) electrons. The van der Waals surface area contributed by atoms with Gasteiger partial charge in [-0.25, -0.2) is 0 Å². The molecule has 0 heterocycles. The van der Waals surface area contributed by atoms with Crippen LogP contribution in [0.2, 0.25) is 0 Å². The van der Waals surface area contributed by atoms with Crippen LogP contribution >= 0.6 is 0 Å². The summed E-state index contributed by atoms with van der Waals surface area (Å²) in [7, 11) is 0. The third kappa shape index (κ3) is 2.51. The smallest absolute Gasteiger partial charge is 0.0495 e. The van der Waals surface area contributed by atoms with Gasteiger partial charge < -0.3 is 0 Å². The minimum absolute atomic E-state index is 0.626. The van der Waals surface area contributed by atoms with E-state index in [0.717, 1.165) is 0 Å². The molecule has 58 valence electrons. The molecule has 0 amide bonds. The molecule has 0 unspecified atom stereocenters. The van der Waals surface area contributed by atoms with Crippen LogP contribution < -0.4 is 0 Å². The molecule has 0 aromatic rings. The maximum absolute atomic E-state index is 4.50. The summed E-state index contributed by atoms with van der Waals surface area (Å²) in [5.41, 5.74) is 0. The highest BCUT2D eigenvalue weighted by Crippen LogP contribution is 2.20. The topological polar surface area (TPSA) is 12.4 Å². The van der Waals surface area contributed by atoms with Crippen molar-refractivity contribution in [2.24, 2.45) is 10.9 Å². The van der Waals surface area contributed by atoms with Gasteiger partial charge in [-0.15, -0.1) is 0 Å². The molecule has 1 nitrogen and oxygen atoms in total. The molecule has 0 spiro atoms. The summed E-state index contributed by atoms with van der Waals surface area (Å²) in [4.78, 5) is 4.50. The fourth-order valence-corrected chi connectivity index (χ4v) is 1.35. The standard InChI is InChI=1S/C9H17N/c1-8(2)7-10-9-5-3-4-6-9/h7-9H,3-6H2,1-2H3. The third-order valence-corrected chi connectivity index (χ3v) is 1.92. The number of aliphatic imine (C=N–C) groups is 1. The van der Waals surface area contributed by atoms with Crippen molar-refractivity contribution in [3.63, 3.8) is 0 Å². The minimum Gasteiger partial charge on any atom is -0.294 e. The maximum Gasteiger partial charge on any atom is 0.0495 e. The molecule has 10 heavy (non-hydrogen) atoms. The Morgan fingerprint density at radius 2 is 1.90 bits per heavy atom. The van der Waals surface area contributed by atoms with E-state index in [0.29, 0.717) is 12.0 Å². The lowest BCUT2D eigenvalue weighted by Gasteiger charge is -2.01. The van der Waals surface area contributed by atoms with Crippen LogP contribution in [0.3, 0.4) is 0 Å². The Kier molecular flexibility index (Phi) is 2.91. The number of nitrogens with zero attached hydrogens (tertiary/aromatic N) is 1. The van der Waals surface area contributed by atoms with Gasteiger partial charge in [-0.3, -0.25) is 4.99 Å². The Morgan fingerprint density at radius 1 is 1.30 bits per heavy atom. The molecule has 0 bridgehead atoms. The first-order chi connectivity index (χ1) is 4.79. The van der Waals surface area contributed by atoms with E-state index in [9.17, 15) is 0 Å². The van der Waals surface area contributed by atoms with Crippen LogP contribution in [0, 0.1) is 5.92 Å². The lowest BCUT2D eigenvalue weighted by atomic mass is 10.2. The van der Waals surface area contributed by atoms with Gasteiger partial charge in [-0.2, -0.15) is 0 Å². The molecule has 1 fully saturated rings. The SMILES string of the molecule is CC(C)C=NC1CCCC1. The highest BCUT2D eigenvalue weighted by molar-refractivity contribution is 5.59. The van der Waals surface area contributed by atoms with Crippen LogP contribution in [0.4, 0.5) is 0 Å². The van der Waals surface area contributed by atoms with Gasteiger partial charge in [0.1, 0.15) is 0 Å². The average Bonchev–Trinajstić information content (AvgIpc) is 2.34. The summed E-state index contributed by atoms with van der Waals surface area (Å²) >= 11 is 0. The second-order valence-electron chi connectivity index (χ2n) is 3.48. The van der Waals surface area contributed by atoms with E-state index in [1.165, 1.54) is 25.7 Å². The largest absolute Gasteiger partial charge is 0.294 e. The lowest BCUT2D eigenvalue weighted by Crippen LogP contribution is -1.98. The van der Waals surface area contributed by atoms with E-state index < -0.39 is 0 Å². The van der Waals surface area contributed by atoms with Crippen LogP contribution in [0.1, 0.15) is 39.5 Å². The van der Waals surface area contributed by atoms with Gasteiger partial charge in [0, 0.05) is 12.3 Å². The predicted molar refractivity (Wildman–Crippen MR) is 45.6 cm³/mol. The van der Waals surface area contributed by atoms with E-state index in [2.05, 4.69) is 25.1 Å². The van der Waals surface area contributed by atoms with Crippen molar-refractivity contribution in [3.8, 4) is 0 Å². The van der Waals surface area contributed by atoms with Crippen LogP contribution in [0.5, 0.6) is 0 Å². The van der Waals surface area contributed by atoms with Crippen LogP contribution in [-0.2, 0) is 0 Å². The first-order valence-corrected chi connectivity index (χ1v) is 4.32. The first kappa shape index (κ1) is 7.77. The first-order valence-electron chi connectivity index (χ1n) is 4.32. The van der Waals surface area contributed by atoms with E-state index in [1.54, 1.807) is 0 Å². The molecule has 1 rings (SSSR count). The van der Waals surface area contributed by atoms with Gasteiger partial charge in [-0.1, -0.05) is 26.7 Å². The second-order valence-corrected chi connectivity index (χ2v) is 3.48. The monoisotopic (exact) mass is 139 g/mol. The van der Waals surface area contributed by atoms with Gasteiger partial charge in [-0.05, 0) is 18.8 Å². The summed E-state index contributed by atoms with van der Waals surface area (Å²) in [6.45, 7) is 4.36. The van der Waals surface area contributed by atoms with Crippen molar-refractivity contribution in [2.45, 2.75) is 45.6 Å². The summed E-state index contributed by atoms with van der Waals surface area (Å²) in [6.07, 6.45) is 7.52. The van der Waals surface area contributed by atoms with E-state index in [1.807, 2.05) is 0 Å². The van der Waals surface area contributed by atoms with Crippen molar-refractivity contribution in [2.75, 3.05) is 0 Å². The molecule has 0 aromatic carbocycles. The molecule has 1 heteroatoms. The molecule has 0 saturated heterocycles. The Labute approximate surface area is 63.5 Å². The minimum atomic E-state index is 0.626. The maximum atomic E-state index is 4.50. The van der Waals surface area contributed by atoms with Gasteiger partial charge in [0.2, 0.25) is 0 Å². The van der Waals surface area contributed by atoms with Crippen LogP contribution in [0.25, 0.3) is 0 Å². The van der Waals surface area contributed by atoms with E-state index >= 15 is 0 Å². The second kappa shape index (κ2) is 3.75. The highest BCUT2D eigenvalue weighted by Gasteiger charge is 2.11. The number of hydrogen-bond donors (Lipinski definition) is 0. The molecular weight excluding hydrogens is 122 g/mol. The Balaban J connectivity index is 2.23. The zero-order chi connectivity index (χ0) is 7.40.